The van der Waals surface area contributed by atoms with Gasteiger partial charge < -0.3 is 0 Å². The Bertz CT molecular complexity index is 706. The number of hydrogen-bond acceptors (Lipinski definition) is 1. The fourth-order valence-corrected chi connectivity index (χ4v) is 2.04. The van der Waals surface area contributed by atoms with Crippen LogP contribution in [0.5, 0.6) is 0 Å². The molecule has 0 saturated heterocycles. The molecule has 1 unspecified atom stereocenters. The van der Waals surface area contributed by atoms with Crippen molar-refractivity contribution in [1.29, 1.82) is 0 Å². The van der Waals surface area contributed by atoms with Crippen molar-refractivity contribution in [3.8, 4) is 0 Å². The third-order valence-corrected chi connectivity index (χ3v) is 3.77. The molecule has 0 aliphatic heterocycles. The van der Waals surface area contributed by atoms with E-state index >= 15 is 0 Å². The molecule has 1 atom stereocenters. The van der Waals surface area contributed by atoms with E-state index in [1.54, 1.807) is 6.92 Å². The first-order valence-corrected chi connectivity index (χ1v) is 6.90. The van der Waals surface area contributed by atoms with Crippen LogP contribution in [0, 0.1) is 13.8 Å². The molecule has 26 heavy (non-hydrogen) atoms. The van der Waals surface area contributed by atoms with Crippen LogP contribution in [-0.2, 0) is 0 Å². The lowest BCUT2D eigenvalue weighted by Gasteiger charge is -2.34. The van der Waals surface area contributed by atoms with Crippen molar-refractivity contribution >= 4 is 0 Å². The second-order valence-corrected chi connectivity index (χ2v) is 5.62. The van der Waals surface area contributed by atoms with Crippen LogP contribution in [0.1, 0.15) is 29.2 Å². The van der Waals surface area contributed by atoms with Gasteiger partial charge in [0.1, 0.15) is 0 Å². The second kappa shape index (κ2) is 6.90. The monoisotopic (exact) mass is 393 g/mol. The largest absolute Gasteiger partial charge is 0.460 e. The lowest BCUT2D eigenvalue weighted by atomic mass is 9.92. The van der Waals surface area contributed by atoms with E-state index in [9.17, 15) is 39.5 Å². The lowest BCUT2D eigenvalue weighted by Crippen LogP contribution is -2.61. The molecule has 0 saturated carbocycles. The van der Waals surface area contributed by atoms with Crippen LogP contribution in [0.15, 0.2) is 23.3 Å². The zero-order chi connectivity index (χ0) is 20.6. The number of azide groups is 1. The van der Waals surface area contributed by atoms with E-state index in [1.807, 2.05) is 0 Å². The summed E-state index contributed by atoms with van der Waals surface area (Å²) in [6, 6.07) is 1.59. The van der Waals surface area contributed by atoms with Crippen molar-refractivity contribution in [2.24, 2.45) is 5.11 Å². The fraction of sp³-hybridized carbons (Fsp3) is 0.571. The van der Waals surface area contributed by atoms with Gasteiger partial charge in [-0.25, -0.2) is 0 Å². The van der Waals surface area contributed by atoms with Crippen molar-refractivity contribution in [2.45, 2.75) is 50.3 Å². The summed E-state index contributed by atoms with van der Waals surface area (Å²) in [5, 5.41) is 2.85. The molecule has 1 rings (SSSR count). The summed E-state index contributed by atoms with van der Waals surface area (Å²) in [7, 11) is 0. The van der Waals surface area contributed by atoms with Crippen LogP contribution in [0.2, 0.25) is 0 Å². The topological polar surface area (TPSA) is 48.8 Å². The van der Waals surface area contributed by atoms with Crippen molar-refractivity contribution in [2.75, 3.05) is 0 Å². The van der Waals surface area contributed by atoms with Gasteiger partial charge in [0.05, 0.1) is 6.04 Å². The zero-order valence-electron chi connectivity index (χ0n) is 13.3. The third kappa shape index (κ3) is 3.84. The van der Waals surface area contributed by atoms with Gasteiger partial charge >= 0.3 is 23.9 Å². The first-order valence-electron chi connectivity index (χ1n) is 6.90. The van der Waals surface area contributed by atoms with Gasteiger partial charge in [0.15, 0.2) is 0 Å². The first kappa shape index (κ1) is 21.9. The predicted octanol–water partition coefficient (Wildman–Crippen LogP) is 6.51. The summed E-state index contributed by atoms with van der Waals surface area (Å²) >= 11 is 0. The molecule has 0 spiro atoms. The Kier molecular flexibility index (Phi) is 5.82. The fourth-order valence-electron chi connectivity index (χ4n) is 2.04. The molecule has 0 aliphatic rings. The minimum Gasteiger partial charge on any atom is -0.200 e. The molecule has 3 nitrogen and oxygen atoms in total. The number of halogens is 9. The lowest BCUT2D eigenvalue weighted by molar-refractivity contribution is -0.397. The summed E-state index contributed by atoms with van der Waals surface area (Å²) in [4.78, 5) is 2.18. The number of alkyl halides is 9. The highest BCUT2D eigenvalue weighted by Crippen LogP contribution is 2.55. The Morgan fingerprint density at radius 3 is 1.88 bits per heavy atom. The van der Waals surface area contributed by atoms with Crippen LogP contribution in [0.4, 0.5) is 39.5 Å². The first-order chi connectivity index (χ1) is 11.6. The molecule has 1 aromatic rings. The molecular weight excluding hydrogens is 381 g/mol. The van der Waals surface area contributed by atoms with Crippen molar-refractivity contribution in [3.63, 3.8) is 0 Å². The Labute approximate surface area is 141 Å². The highest BCUT2D eigenvalue weighted by atomic mass is 19.4. The number of rotatable bonds is 6. The quantitative estimate of drug-likeness (QED) is 0.229. The summed E-state index contributed by atoms with van der Waals surface area (Å²) in [6.45, 7) is 3.13. The van der Waals surface area contributed by atoms with Crippen molar-refractivity contribution in [3.05, 3.63) is 45.3 Å². The number of hydrogen-bond donors (Lipinski definition) is 0. The molecule has 0 fully saturated rings. The van der Waals surface area contributed by atoms with Gasteiger partial charge in [-0.15, -0.1) is 0 Å². The Morgan fingerprint density at radius 2 is 1.46 bits per heavy atom. The molecule has 12 heteroatoms. The minimum atomic E-state index is -6.98. The van der Waals surface area contributed by atoms with Gasteiger partial charge in [-0.1, -0.05) is 23.3 Å². The van der Waals surface area contributed by atoms with E-state index in [-0.39, 0.29) is 5.56 Å². The number of aryl methyl sites for hydroxylation is 2. The molecule has 146 valence electrons. The van der Waals surface area contributed by atoms with Gasteiger partial charge in [-0.3, -0.25) is 0 Å². The van der Waals surface area contributed by atoms with E-state index in [0.717, 1.165) is 6.07 Å². The summed E-state index contributed by atoms with van der Waals surface area (Å²) in [6.07, 6.45) is -9.13. The summed E-state index contributed by atoms with van der Waals surface area (Å²) in [5.74, 6) is -19.5. The SMILES string of the molecule is Cc1ccc(C(CC(F)(F)C(F)(F)C(F)(F)C(F)(F)F)N=[N+]=[N-])cc1C. The minimum absolute atomic E-state index is 0.225. The molecule has 1 aromatic carbocycles. The highest BCUT2D eigenvalue weighted by Gasteiger charge is 2.81. The van der Waals surface area contributed by atoms with Crippen LogP contribution in [-0.4, -0.2) is 23.9 Å². The average Bonchev–Trinajstić information content (AvgIpc) is 2.48. The van der Waals surface area contributed by atoms with Crippen LogP contribution in [0.25, 0.3) is 10.4 Å². The molecule has 0 bridgehead atoms. The van der Waals surface area contributed by atoms with Crippen LogP contribution in [0.3, 0.4) is 0 Å². The van der Waals surface area contributed by atoms with Crippen LogP contribution < -0.4 is 0 Å². The van der Waals surface area contributed by atoms with E-state index in [2.05, 4.69) is 10.0 Å². The summed E-state index contributed by atoms with van der Waals surface area (Å²) in [5.41, 5.74) is 9.33. The van der Waals surface area contributed by atoms with Gasteiger partial charge in [0.25, 0.3) is 0 Å². The Morgan fingerprint density at radius 1 is 0.923 bits per heavy atom. The molecule has 0 N–H and O–H groups in total. The maximum absolute atomic E-state index is 13.8. The summed E-state index contributed by atoms with van der Waals surface area (Å²) < 4.78 is 116. The molecule has 0 aromatic heterocycles. The zero-order valence-corrected chi connectivity index (χ0v) is 13.3. The van der Waals surface area contributed by atoms with E-state index in [1.165, 1.54) is 19.1 Å². The van der Waals surface area contributed by atoms with E-state index in [4.69, 9.17) is 5.53 Å². The standard InChI is InChI=1S/C14H12F9N3/c1-7-3-4-9(5-8(7)2)10(25-26-24)6-11(15,16)12(17,18)13(19,20)14(21,22)23/h3-5,10H,6H2,1-2H3. The molecule has 0 heterocycles. The maximum atomic E-state index is 13.8. The average molecular weight is 393 g/mol. The smallest absolute Gasteiger partial charge is 0.200 e. The van der Waals surface area contributed by atoms with E-state index < -0.39 is 36.4 Å². The predicted molar refractivity (Wildman–Crippen MR) is 73.3 cm³/mol. The van der Waals surface area contributed by atoms with Crippen molar-refractivity contribution < 1.29 is 39.5 Å². The van der Waals surface area contributed by atoms with Gasteiger partial charge in [0, 0.05) is 11.3 Å². The maximum Gasteiger partial charge on any atom is 0.460 e. The van der Waals surface area contributed by atoms with E-state index in [0.29, 0.717) is 11.1 Å². The molecule has 0 aliphatic carbocycles. The third-order valence-electron chi connectivity index (χ3n) is 3.77. The number of nitrogens with zero attached hydrogens (tertiary/aromatic N) is 3. The normalized spacial score (nSPS) is 14.7. The highest BCUT2D eigenvalue weighted by molar-refractivity contribution is 5.32. The molecule has 0 radical (unpaired) electrons. The Balaban J connectivity index is 3.32. The Hall–Kier alpha value is -2.10. The second-order valence-electron chi connectivity index (χ2n) is 5.62. The van der Waals surface area contributed by atoms with Gasteiger partial charge in [-0.2, -0.15) is 39.5 Å². The molecular formula is C14H12F9N3. The molecule has 0 amide bonds. The number of benzene rings is 1. The van der Waals surface area contributed by atoms with Crippen molar-refractivity contribution in [1.82, 2.24) is 0 Å². The van der Waals surface area contributed by atoms with Gasteiger partial charge in [0.2, 0.25) is 0 Å². The van der Waals surface area contributed by atoms with Crippen LogP contribution >= 0.6 is 0 Å². The van der Waals surface area contributed by atoms with Gasteiger partial charge in [-0.05, 0) is 36.1 Å².